The minimum atomic E-state index is -0.751. The maximum Gasteiger partial charge on any atom is 0.164 e. The lowest BCUT2D eigenvalue weighted by Gasteiger charge is -2.20. The van der Waals surface area contributed by atoms with E-state index < -0.39 is 11.6 Å². The molecule has 4 heteroatoms. The summed E-state index contributed by atoms with van der Waals surface area (Å²) in [4.78, 5) is 0. The molecule has 0 aliphatic carbocycles. The molecule has 1 unspecified atom stereocenters. The molecular weight excluding hydrogens is 276 g/mol. The fourth-order valence-electron chi connectivity index (χ4n) is 2.23. The van der Waals surface area contributed by atoms with Crippen molar-refractivity contribution in [3.63, 3.8) is 0 Å². The Balaban J connectivity index is 2.47. The van der Waals surface area contributed by atoms with Gasteiger partial charge in [-0.15, -0.1) is 0 Å². The zero-order valence-electron chi connectivity index (χ0n) is 12.0. The van der Waals surface area contributed by atoms with Crippen molar-refractivity contribution in [3.8, 4) is 0 Å². The van der Waals surface area contributed by atoms with E-state index in [0.29, 0.717) is 11.1 Å². The summed E-state index contributed by atoms with van der Waals surface area (Å²) < 4.78 is 28.1. The average Bonchev–Trinajstić information content (AvgIpc) is 2.85. The summed E-state index contributed by atoms with van der Waals surface area (Å²) in [5, 5.41) is 7.34. The molecule has 0 saturated heterocycles. The molecule has 0 aliphatic rings. The second-order valence-electron chi connectivity index (χ2n) is 5.00. The van der Waals surface area contributed by atoms with Crippen molar-refractivity contribution in [2.75, 3.05) is 6.54 Å². The van der Waals surface area contributed by atoms with Crippen LogP contribution in [0.4, 0.5) is 8.78 Å². The molecule has 0 aliphatic heterocycles. The van der Waals surface area contributed by atoms with Crippen LogP contribution in [0.3, 0.4) is 0 Å². The van der Waals surface area contributed by atoms with E-state index in [1.165, 1.54) is 0 Å². The summed E-state index contributed by atoms with van der Waals surface area (Å²) in [6.07, 6.45) is 0.940. The molecular formula is C16H19F2NS. The summed E-state index contributed by atoms with van der Waals surface area (Å²) in [5.74, 6) is -1.50. The van der Waals surface area contributed by atoms with E-state index in [-0.39, 0.29) is 6.04 Å². The van der Waals surface area contributed by atoms with Crippen LogP contribution in [0.2, 0.25) is 0 Å². The van der Waals surface area contributed by atoms with Gasteiger partial charge in [-0.25, -0.2) is 8.78 Å². The van der Waals surface area contributed by atoms with Crippen LogP contribution >= 0.6 is 11.3 Å². The number of hydrogen-bond acceptors (Lipinski definition) is 2. The molecule has 1 heterocycles. The van der Waals surface area contributed by atoms with Gasteiger partial charge in [0.2, 0.25) is 0 Å². The largest absolute Gasteiger partial charge is 0.306 e. The van der Waals surface area contributed by atoms with E-state index in [4.69, 9.17) is 0 Å². The zero-order valence-corrected chi connectivity index (χ0v) is 12.8. The Morgan fingerprint density at radius 3 is 2.40 bits per heavy atom. The third kappa shape index (κ3) is 2.91. The van der Waals surface area contributed by atoms with Crippen LogP contribution in [-0.4, -0.2) is 6.54 Å². The van der Waals surface area contributed by atoms with E-state index in [0.717, 1.165) is 24.1 Å². The first-order valence-corrected chi connectivity index (χ1v) is 7.71. The molecule has 108 valence electrons. The fourth-order valence-corrected chi connectivity index (χ4v) is 3.10. The Morgan fingerprint density at radius 1 is 1.05 bits per heavy atom. The van der Waals surface area contributed by atoms with E-state index in [2.05, 4.69) is 12.2 Å². The first kappa shape index (κ1) is 15.1. The molecule has 20 heavy (non-hydrogen) atoms. The summed E-state index contributed by atoms with van der Waals surface area (Å²) in [6.45, 7) is 6.38. The number of benzene rings is 1. The van der Waals surface area contributed by atoms with Crippen LogP contribution in [0, 0.1) is 25.5 Å². The fraction of sp³-hybridized carbons (Fsp3) is 0.375. The third-order valence-electron chi connectivity index (χ3n) is 3.42. The van der Waals surface area contributed by atoms with Crippen molar-refractivity contribution in [2.24, 2.45) is 0 Å². The lowest BCUT2D eigenvalue weighted by atomic mass is 9.96. The molecule has 0 fully saturated rings. The van der Waals surface area contributed by atoms with Crippen LogP contribution in [0.1, 0.15) is 41.6 Å². The first-order chi connectivity index (χ1) is 9.56. The lowest BCUT2D eigenvalue weighted by molar-refractivity contribution is 0.476. The zero-order chi connectivity index (χ0) is 14.7. The highest BCUT2D eigenvalue weighted by Gasteiger charge is 2.22. The highest BCUT2D eigenvalue weighted by molar-refractivity contribution is 7.08. The van der Waals surface area contributed by atoms with Crippen molar-refractivity contribution >= 4 is 11.3 Å². The normalized spacial score (nSPS) is 12.7. The molecule has 0 amide bonds. The molecule has 0 radical (unpaired) electrons. The van der Waals surface area contributed by atoms with Gasteiger partial charge in [0.15, 0.2) is 11.6 Å². The van der Waals surface area contributed by atoms with Gasteiger partial charge in [0, 0.05) is 5.56 Å². The van der Waals surface area contributed by atoms with E-state index in [1.807, 2.05) is 17.7 Å². The van der Waals surface area contributed by atoms with Gasteiger partial charge in [-0.3, -0.25) is 0 Å². The summed E-state index contributed by atoms with van der Waals surface area (Å²) in [5.41, 5.74) is 2.83. The predicted octanol–water partition coefficient (Wildman–Crippen LogP) is 4.73. The van der Waals surface area contributed by atoms with Crippen molar-refractivity contribution in [2.45, 2.75) is 33.2 Å². The van der Waals surface area contributed by atoms with Crippen molar-refractivity contribution < 1.29 is 8.78 Å². The molecule has 2 aromatic rings. The van der Waals surface area contributed by atoms with E-state index in [9.17, 15) is 8.78 Å². The van der Waals surface area contributed by atoms with Gasteiger partial charge in [0.05, 0.1) is 6.04 Å². The van der Waals surface area contributed by atoms with Gasteiger partial charge < -0.3 is 5.32 Å². The smallest absolute Gasteiger partial charge is 0.164 e. The average molecular weight is 295 g/mol. The Hall–Kier alpha value is -1.26. The Kier molecular flexibility index (Phi) is 4.89. The number of thiophene rings is 1. The molecule has 0 bridgehead atoms. The Bertz CT molecular complexity index is 592. The monoisotopic (exact) mass is 295 g/mol. The van der Waals surface area contributed by atoms with Crippen LogP contribution in [0.5, 0.6) is 0 Å². The molecule has 1 aromatic carbocycles. The van der Waals surface area contributed by atoms with Crippen LogP contribution in [0.15, 0.2) is 22.9 Å². The molecule has 1 N–H and O–H groups in total. The van der Waals surface area contributed by atoms with Gasteiger partial charge in [0.1, 0.15) is 0 Å². The maximum atomic E-state index is 14.3. The molecule has 2 rings (SSSR count). The van der Waals surface area contributed by atoms with Gasteiger partial charge in [-0.2, -0.15) is 11.3 Å². The van der Waals surface area contributed by atoms with Gasteiger partial charge in [0.25, 0.3) is 0 Å². The number of nitrogens with one attached hydrogen (secondary N) is 1. The standard InChI is InChI=1S/C16H19F2NS/c1-4-7-19-16(13-9-20-8-11(13)3)12-6-5-10(2)14(17)15(12)18/h5-6,8-9,16,19H,4,7H2,1-3H3. The number of halogens is 2. The number of hydrogen-bond donors (Lipinski definition) is 1. The SMILES string of the molecule is CCCNC(c1cscc1C)c1ccc(C)c(F)c1F. The quantitative estimate of drug-likeness (QED) is 0.840. The molecule has 0 spiro atoms. The van der Waals surface area contributed by atoms with E-state index >= 15 is 0 Å². The van der Waals surface area contributed by atoms with E-state index in [1.54, 1.807) is 30.4 Å². The number of rotatable bonds is 5. The predicted molar refractivity (Wildman–Crippen MR) is 80.3 cm³/mol. The van der Waals surface area contributed by atoms with Crippen LogP contribution in [-0.2, 0) is 0 Å². The molecule has 1 nitrogen and oxygen atoms in total. The Labute approximate surface area is 122 Å². The van der Waals surface area contributed by atoms with Gasteiger partial charge >= 0.3 is 0 Å². The minimum absolute atomic E-state index is 0.295. The first-order valence-electron chi connectivity index (χ1n) is 6.76. The third-order valence-corrected chi connectivity index (χ3v) is 4.30. The molecule has 1 aromatic heterocycles. The topological polar surface area (TPSA) is 12.0 Å². The highest BCUT2D eigenvalue weighted by Crippen LogP contribution is 2.30. The number of aryl methyl sites for hydroxylation is 2. The minimum Gasteiger partial charge on any atom is -0.306 e. The lowest BCUT2D eigenvalue weighted by Crippen LogP contribution is -2.24. The molecule has 1 atom stereocenters. The summed E-state index contributed by atoms with van der Waals surface area (Å²) >= 11 is 1.58. The second-order valence-corrected chi connectivity index (χ2v) is 5.74. The highest BCUT2D eigenvalue weighted by atomic mass is 32.1. The second kappa shape index (κ2) is 6.46. The maximum absolute atomic E-state index is 14.3. The Morgan fingerprint density at radius 2 is 1.80 bits per heavy atom. The summed E-state index contributed by atoms with van der Waals surface area (Å²) in [6, 6.07) is 3.02. The van der Waals surface area contributed by atoms with Crippen molar-refractivity contribution in [3.05, 3.63) is 56.8 Å². The van der Waals surface area contributed by atoms with Gasteiger partial charge in [-0.05, 0) is 54.3 Å². The van der Waals surface area contributed by atoms with Crippen LogP contribution < -0.4 is 5.32 Å². The van der Waals surface area contributed by atoms with Crippen LogP contribution in [0.25, 0.3) is 0 Å². The van der Waals surface area contributed by atoms with Crippen molar-refractivity contribution in [1.82, 2.24) is 5.32 Å². The van der Waals surface area contributed by atoms with Crippen molar-refractivity contribution in [1.29, 1.82) is 0 Å². The van der Waals surface area contributed by atoms with Gasteiger partial charge in [-0.1, -0.05) is 19.1 Å². The summed E-state index contributed by atoms with van der Waals surface area (Å²) in [7, 11) is 0. The molecule has 0 saturated carbocycles.